The average Bonchev–Trinajstić information content (AvgIpc) is 3.77. The second-order valence-electron chi connectivity index (χ2n) is 14.1. The van der Waals surface area contributed by atoms with Gasteiger partial charge in [0.15, 0.2) is 5.65 Å². The molecule has 7 rings (SSSR count). The average molecular weight is 721 g/mol. The summed E-state index contributed by atoms with van der Waals surface area (Å²) in [5.41, 5.74) is 16.5. The molecule has 3 aromatic carbocycles. The van der Waals surface area contributed by atoms with Crippen molar-refractivity contribution in [2.75, 3.05) is 26.3 Å². The van der Waals surface area contributed by atoms with Crippen molar-refractivity contribution in [2.45, 2.75) is 71.4 Å². The summed E-state index contributed by atoms with van der Waals surface area (Å²) in [6.45, 7) is 13.2. The Morgan fingerprint density at radius 3 is 2.50 bits per heavy atom. The molecule has 0 bridgehead atoms. The molecule has 11 nitrogen and oxygen atoms in total. The number of nitrogens with two attached hydrogens (primary N) is 1. The SMILES string of the molecule is Cc1ccc(S(=O)(=O)n2cc(-c3c(C)cc(C(N)=O)c(C)c3C)c3nc(-c4cc(C)c5c(c4)CN(CCC(=O)NC4CCOC4)CC5)cnc32)cc1. The molecule has 2 aromatic heterocycles. The summed E-state index contributed by atoms with van der Waals surface area (Å²) >= 11 is 0. The molecule has 1 atom stereocenters. The molecule has 2 aliphatic heterocycles. The van der Waals surface area contributed by atoms with Gasteiger partial charge in [-0.25, -0.2) is 22.4 Å². The summed E-state index contributed by atoms with van der Waals surface area (Å²) in [6.07, 6.45) is 5.39. The predicted octanol–water partition coefficient (Wildman–Crippen LogP) is 5.30. The Kier molecular flexibility index (Phi) is 9.49. The Bertz CT molecular complexity index is 2340. The van der Waals surface area contributed by atoms with Gasteiger partial charge in [-0.2, -0.15) is 0 Å². The van der Waals surface area contributed by atoms with Crippen LogP contribution in [0.3, 0.4) is 0 Å². The van der Waals surface area contributed by atoms with Crippen LogP contribution in [0.5, 0.6) is 0 Å². The van der Waals surface area contributed by atoms with Gasteiger partial charge in [0.25, 0.3) is 10.0 Å². The highest BCUT2D eigenvalue weighted by Gasteiger charge is 2.27. The molecule has 4 heterocycles. The molecule has 12 heteroatoms. The molecule has 0 spiro atoms. The Hall–Kier alpha value is -4.91. The number of nitrogens with one attached hydrogen (secondary N) is 1. The summed E-state index contributed by atoms with van der Waals surface area (Å²) in [5, 5.41) is 3.08. The number of carbonyl (C=O) groups is 2. The van der Waals surface area contributed by atoms with Crippen molar-refractivity contribution in [2.24, 2.45) is 5.73 Å². The summed E-state index contributed by atoms with van der Waals surface area (Å²) < 4.78 is 34.9. The first-order valence-electron chi connectivity index (χ1n) is 17.7. The third-order valence-corrected chi connectivity index (χ3v) is 12.2. The fourth-order valence-corrected chi connectivity index (χ4v) is 8.88. The van der Waals surface area contributed by atoms with E-state index in [1.165, 1.54) is 15.1 Å². The van der Waals surface area contributed by atoms with Gasteiger partial charge in [-0.3, -0.25) is 14.5 Å². The summed E-state index contributed by atoms with van der Waals surface area (Å²) in [6, 6.07) is 12.8. The molecule has 1 unspecified atom stereocenters. The maximum absolute atomic E-state index is 14.2. The predicted molar refractivity (Wildman–Crippen MR) is 201 cm³/mol. The number of benzene rings is 3. The van der Waals surface area contributed by atoms with Gasteiger partial charge in [-0.15, -0.1) is 0 Å². The molecule has 3 N–H and O–H groups in total. The van der Waals surface area contributed by atoms with Crippen LogP contribution in [0.25, 0.3) is 33.5 Å². The third-order valence-electron chi connectivity index (χ3n) is 10.6. The van der Waals surface area contributed by atoms with Crippen molar-refractivity contribution in [1.82, 2.24) is 24.2 Å². The Morgan fingerprint density at radius 2 is 1.79 bits per heavy atom. The van der Waals surface area contributed by atoms with Crippen LogP contribution in [0.1, 0.15) is 62.1 Å². The van der Waals surface area contributed by atoms with E-state index in [0.29, 0.717) is 55.1 Å². The van der Waals surface area contributed by atoms with Crippen LogP contribution in [0.2, 0.25) is 0 Å². The number of ether oxygens (including phenoxy) is 1. The van der Waals surface area contributed by atoms with E-state index in [9.17, 15) is 18.0 Å². The lowest BCUT2D eigenvalue weighted by molar-refractivity contribution is -0.122. The minimum Gasteiger partial charge on any atom is -0.379 e. The molecule has 0 saturated carbocycles. The summed E-state index contributed by atoms with van der Waals surface area (Å²) in [5.74, 6) is -0.475. The first-order valence-corrected chi connectivity index (χ1v) is 19.1. The number of amides is 2. The van der Waals surface area contributed by atoms with Crippen LogP contribution in [-0.2, 0) is 32.5 Å². The molecule has 1 saturated heterocycles. The van der Waals surface area contributed by atoms with Gasteiger partial charge in [-0.05, 0) is 117 Å². The van der Waals surface area contributed by atoms with Crippen molar-refractivity contribution in [3.05, 3.63) is 99.4 Å². The summed E-state index contributed by atoms with van der Waals surface area (Å²) in [7, 11) is -4.05. The second-order valence-corrected chi connectivity index (χ2v) is 16.0. The molecule has 52 heavy (non-hydrogen) atoms. The maximum Gasteiger partial charge on any atom is 0.269 e. The van der Waals surface area contributed by atoms with Gasteiger partial charge >= 0.3 is 0 Å². The number of nitrogens with zero attached hydrogens (tertiary/aromatic N) is 4. The van der Waals surface area contributed by atoms with Crippen LogP contribution in [0, 0.1) is 34.6 Å². The summed E-state index contributed by atoms with van der Waals surface area (Å²) in [4.78, 5) is 37.2. The molecular weight excluding hydrogens is 677 g/mol. The number of rotatable bonds is 9. The third kappa shape index (κ3) is 6.62. The second kappa shape index (κ2) is 13.9. The van der Waals surface area contributed by atoms with E-state index < -0.39 is 15.9 Å². The van der Waals surface area contributed by atoms with Crippen molar-refractivity contribution < 1.29 is 22.7 Å². The zero-order valence-electron chi connectivity index (χ0n) is 30.2. The molecule has 0 radical (unpaired) electrons. The smallest absolute Gasteiger partial charge is 0.269 e. The van der Waals surface area contributed by atoms with Crippen molar-refractivity contribution >= 4 is 33.0 Å². The number of fused-ring (bicyclic) bond motifs is 2. The van der Waals surface area contributed by atoms with E-state index in [1.54, 1.807) is 42.7 Å². The van der Waals surface area contributed by atoms with Crippen molar-refractivity contribution in [3.8, 4) is 22.4 Å². The number of carbonyl (C=O) groups excluding carboxylic acids is 2. The van der Waals surface area contributed by atoms with Crippen LogP contribution in [0.4, 0.5) is 0 Å². The normalized spacial score (nSPS) is 16.3. The molecule has 2 amide bonds. The van der Waals surface area contributed by atoms with Crippen LogP contribution in [0.15, 0.2) is 59.8 Å². The fraction of sp³-hybridized carbons (Fsp3) is 0.350. The highest BCUT2D eigenvalue weighted by Crippen LogP contribution is 2.38. The molecule has 5 aromatic rings. The Morgan fingerprint density at radius 1 is 1.02 bits per heavy atom. The largest absolute Gasteiger partial charge is 0.379 e. The minimum absolute atomic E-state index is 0.0480. The standard InChI is InChI=1S/C40H44N6O5S/c1-23-6-8-31(9-7-23)52(49,50)46-21-34(37-25(3)17-33(39(41)48)26(4)27(37)5)38-40(46)42-19-35(44-38)28-16-24(2)32-10-13-45(20-29(32)18-28)14-11-36(47)43-30-12-15-51-22-30/h6-9,16-19,21,30H,10-15,20,22H2,1-5H3,(H2,41,48)(H,43,47). The minimum atomic E-state index is -4.05. The van der Waals surface area contributed by atoms with Gasteiger partial charge in [-0.1, -0.05) is 17.7 Å². The highest BCUT2D eigenvalue weighted by molar-refractivity contribution is 7.90. The molecular formula is C40H44N6O5S. The highest BCUT2D eigenvalue weighted by atomic mass is 32.2. The maximum atomic E-state index is 14.2. The number of aryl methyl sites for hydroxylation is 3. The fourth-order valence-electron chi connectivity index (χ4n) is 7.57. The lowest BCUT2D eigenvalue weighted by Gasteiger charge is -2.30. The van der Waals surface area contributed by atoms with Gasteiger partial charge in [0, 0.05) is 55.5 Å². The van der Waals surface area contributed by atoms with Gasteiger partial charge in [0.05, 0.1) is 29.4 Å². The van der Waals surface area contributed by atoms with Crippen LogP contribution < -0.4 is 11.1 Å². The number of hydrogen-bond acceptors (Lipinski definition) is 8. The van der Waals surface area contributed by atoms with E-state index in [-0.39, 0.29) is 22.5 Å². The quantitative estimate of drug-likeness (QED) is 0.209. The molecule has 1 fully saturated rings. The lowest BCUT2D eigenvalue weighted by Crippen LogP contribution is -2.38. The first-order chi connectivity index (χ1) is 24.8. The first kappa shape index (κ1) is 35.5. The van der Waals surface area contributed by atoms with Crippen molar-refractivity contribution in [1.29, 1.82) is 0 Å². The Labute approximate surface area is 304 Å². The van der Waals surface area contributed by atoms with E-state index in [0.717, 1.165) is 58.3 Å². The van der Waals surface area contributed by atoms with E-state index in [4.69, 9.17) is 20.4 Å². The Balaban J connectivity index is 1.29. The lowest BCUT2D eigenvalue weighted by atomic mass is 9.90. The van der Waals surface area contributed by atoms with E-state index in [2.05, 4.69) is 29.3 Å². The zero-order chi connectivity index (χ0) is 36.9. The molecule has 2 aliphatic rings. The molecule has 0 aliphatic carbocycles. The topological polar surface area (TPSA) is 150 Å². The van der Waals surface area contributed by atoms with Crippen molar-refractivity contribution in [3.63, 3.8) is 0 Å². The van der Waals surface area contributed by atoms with Gasteiger partial charge in [0.2, 0.25) is 11.8 Å². The number of aromatic nitrogens is 3. The van der Waals surface area contributed by atoms with Crippen LogP contribution in [-0.4, -0.2) is 71.4 Å². The zero-order valence-corrected chi connectivity index (χ0v) is 31.1. The monoisotopic (exact) mass is 720 g/mol. The van der Waals surface area contributed by atoms with Gasteiger partial charge < -0.3 is 15.8 Å². The number of hydrogen-bond donors (Lipinski definition) is 2. The van der Waals surface area contributed by atoms with Crippen LogP contribution >= 0.6 is 0 Å². The van der Waals surface area contributed by atoms with Gasteiger partial charge in [0.1, 0.15) is 5.52 Å². The molecule has 270 valence electrons. The van der Waals surface area contributed by atoms with E-state index >= 15 is 0 Å². The number of primary amides is 1. The van der Waals surface area contributed by atoms with E-state index in [1.807, 2.05) is 27.7 Å².